The summed E-state index contributed by atoms with van der Waals surface area (Å²) in [5.74, 6) is -0.630. The summed E-state index contributed by atoms with van der Waals surface area (Å²) in [6.45, 7) is 6.05. The third-order valence-corrected chi connectivity index (χ3v) is 8.10. The Kier molecular flexibility index (Phi) is 7.26. The molecule has 1 aromatic rings. The number of alkyl carbamates (subject to hydrolysis) is 1. The summed E-state index contributed by atoms with van der Waals surface area (Å²) in [5, 5.41) is 2.17. The zero-order valence-electron chi connectivity index (χ0n) is 21.9. The monoisotopic (exact) mass is 539 g/mol. The number of esters is 1. The van der Waals surface area contributed by atoms with E-state index in [1.54, 1.807) is 26.8 Å². The van der Waals surface area contributed by atoms with E-state index < -0.39 is 35.0 Å². The Bertz CT molecular complexity index is 1200. The van der Waals surface area contributed by atoms with E-state index in [2.05, 4.69) is 5.32 Å². The Morgan fingerprint density at radius 3 is 2.58 bits per heavy atom. The molecule has 1 aliphatic carbocycles. The molecule has 5 rings (SSSR count). The smallest absolute Gasteiger partial charge is 0.408 e. The average Bonchev–Trinajstić information content (AvgIpc) is 3.72. The Morgan fingerprint density at radius 1 is 1.16 bits per heavy atom. The van der Waals surface area contributed by atoms with Crippen molar-refractivity contribution >= 4 is 35.6 Å². The number of fused-ring (bicyclic) bond motifs is 1. The normalized spacial score (nSPS) is 24.7. The number of benzene rings is 1. The first-order chi connectivity index (χ1) is 18.1. The molecule has 1 N–H and O–H groups in total. The third kappa shape index (κ3) is 5.60. The third-order valence-electron chi connectivity index (χ3n) is 6.79. The van der Waals surface area contributed by atoms with Crippen LogP contribution < -0.4 is 5.32 Å². The van der Waals surface area contributed by atoms with E-state index >= 15 is 0 Å². The van der Waals surface area contributed by atoms with Gasteiger partial charge >= 0.3 is 12.1 Å². The van der Waals surface area contributed by atoms with Crippen LogP contribution in [0, 0.1) is 0 Å². The number of allylic oxidation sites excluding steroid dienone is 1. The summed E-state index contributed by atoms with van der Waals surface area (Å²) >= 11 is 1.44. The molecular weight excluding hydrogens is 506 g/mol. The SMILES string of the molecule is CC(C)(C)OC(=O)N[C@@H]1C(=O)N2C(C(=O)OCc3ccccc3)=C(/C=C3\CCCN(C4CC4)C3=O)CS[C@H]12. The molecule has 0 aromatic heterocycles. The van der Waals surface area contributed by atoms with Gasteiger partial charge in [0.25, 0.3) is 5.91 Å². The number of amides is 3. The average molecular weight is 540 g/mol. The minimum Gasteiger partial charge on any atom is -0.456 e. The van der Waals surface area contributed by atoms with Crippen LogP contribution in [0.5, 0.6) is 0 Å². The molecule has 10 heteroatoms. The number of likely N-dealkylation sites (tertiary alicyclic amines) is 1. The van der Waals surface area contributed by atoms with E-state index in [9.17, 15) is 19.2 Å². The van der Waals surface area contributed by atoms with E-state index in [1.165, 1.54) is 16.7 Å². The van der Waals surface area contributed by atoms with Crippen molar-refractivity contribution in [1.82, 2.24) is 15.1 Å². The van der Waals surface area contributed by atoms with Crippen LogP contribution in [0.1, 0.15) is 52.0 Å². The molecule has 0 spiro atoms. The standard InChI is InChI=1S/C28H33N3O6S/c1-28(2,3)37-27(35)29-21-24(33)31-22(26(34)36-15-17-8-5-4-6-9-17)19(16-38-25(21)31)14-18-10-7-13-30(23(18)32)20-11-12-20/h4-6,8-9,14,20-21,25H,7,10-13,15-16H2,1-3H3,(H,29,35)/b18-14+/t21-,25-/m1/s1. The maximum atomic E-state index is 13.4. The maximum Gasteiger partial charge on any atom is 0.408 e. The van der Waals surface area contributed by atoms with Crippen LogP contribution in [0.4, 0.5) is 4.79 Å². The number of piperidine rings is 1. The number of nitrogens with one attached hydrogen (secondary N) is 1. The molecule has 4 aliphatic rings. The summed E-state index contributed by atoms with van der Waals surface area (Å²) in [6, 6.07) is 8.80. The summed E-state index contributed by atoms with van der Waals surface area (Å²) in [6.07, 6.45) is 4.66. The lowest BCUT2D eigenvalue weighted by Gasteiger charge is -2.49. The number of carbonyl (C=O) groups excluding carboxylic acids is 4. The number of carbonyl (C=O) groups is 4. The van der Waals surface area contributed by atoms with E-state index in [-0.39, 0.29) is 18.2 Å². The van der Waals surface area contributed by atoms with Crippen LogP contribution in [-0.4, -0.2) is 69.0 Å². The first-order valence-electron chi connectivity index (χ1n) is 13.0. The first-order valence-corrected chi connectivity index (χ1v) is 14.1. The van der Waals surface area contributed by atoms with Crippen molar-refractivity contribution in [2.75, 3.05) is 12.3 Å². The van der Waals surface area contributed by atoms with Gasteiger partial charge in [-0.3, -0.25) is 14.5 Å². The van der Waals surface area contributed by atoms with Gasteiger partial charge in [-0.2, -0.15) is 0 Å². The van der Waals surface area contributed by atoms with Crippen molar-refractivity contribution in [2.45, 2.75) is 76.1 Å². The molecule has 3 fully saturated rings. The van der Waals surface area contributed by atoms with Crippen LogP contribution in [0.3, 0.4) is 0 Å². The van der Waals surface area contributed by atoms with Gasteiger partial charge in [0.15, 0.2) is 0 Å². The van der Waals surface area contributed by atoms with Crippen molar-refractivity contribution in [1.29, 1.82) is 0 Å². The highest BCUT2D eigenvalue weighted by Crippen LogP contribution is 2.42. The molecule has 2 atom stereocenters. The Morgan fingerprint density at radius 2 is 1.89 bits per heavy atom. The van der Waals surface area contributed by atoms with Crippen molar-refractivity contribution < 1.29 is 28.7 Å². The number of rotatable bonds is 6. The van der Waals surface area contributed by atoms with E-state index in [1.807, 2.05) is 35.2 Å². The highest BCUT2D eigenvalue weighted by molar-refractivity contribution is 8.00. The number of hydrogen-bond acceptors (Lipinski definition) is 7. The predicted molar refractivity (Wildman–Crippen MR) is 142 cm³/mol. The van der Waals surface area contributed by atoms with Crippen LogP contribution in [0.15, 0.2) is 53.3 Å². The molecule has 38 heavy (non-hydrogen) atoms. The van der Waals surface area contributed by atoms with Gasteiger partial charge in [-0.1, -0.05) is 30.3 Å². The van der Waals surface area contributed by atoms with Gasteiger partial charge in [0.1, 0.15) is 29.3 Å². The second-order valence-electron chi connectivity index (χ2n) is 11.0. The summed E-state index contributed by atoms with van der Waals surface area (Å²) < 4.78 is 10.9. The van der Waals surface area contributed by atoms with Crippen molar-refractivity contribution in [3.05, 3.63) is 58.8 Å². The fourth-order valence-corrected chi connectivity index (χ4v) is 6.19. The van der Waals surface area contributed by atoms with E-state index in [0.29, 0.717) is 29.4 Å². The fourth-order valence-electron chi connectivity index (χ4n) is 4.88. The highest BCUT2D eigenvalue weighted by atomic mass is 32.2. The molecular formula is C28H33N3O6S. The Hall–Kier alpha value is -3.27. The molecule has 0 bridgehead atoms. The first kappa shape index (κ1) is 26.3. The zero-order chi connectivity index (χ0) is 27.0. The van der Waals surface area contributed by atoms with Gasteiger partial charge in [-0.05, 0) is 63.7 Å². The van der Waals surface area contributed by atoms with E-state index in [4.69, 9.17) is 9.47 Å². The summed E-state index contributed by atoms with van der Waals surface area (Å²) in [4.78, 5) is 55.5. The van der Waals surface area contributed by atoms with Crippen molar-refractivity contribution in [3.8, 4) is 0 Å². The van der Waals surface area contributed by atoms with Gasteiger partial charge in [0.2, 0.25) is 5.91 Å². The van der Waals surface area contributed by atoms with Gasteiger partial charge < -0.3 is 19.7 Å². The highest BCUT2D eigenvalue weighted by Gasteiger charge is 2.54. The topological polar surface area (TPSA) is 105 Å². The lowest BCUT2D eigenvalue weighted by atomic mass is 9.98. The molecule has 0 radical (unpaired) electrons. The number of thioether (sulfide) groups is 1. The Balaban J connectivity index is 1.40. The predicted octanol–water partition coefficient (Wildman–Crippen LogP) is 3.50. The molecule has 1 saturated carbocycles. The number of hydrogen-bond donors (Lipinski definition) is 1. The minimum absolute atomic E-state index is 0.00906. The lowest BCUT2D eigenvalue weighted by molar-refractivity contribution is -0.152. The number of ether oxygens (including phenoxy) is 2. The van der Waals surface area contributed by atoms with Gasteiger partial charge in [-0.25, -0.2) is 9.59 Å². The van der Waals surface area contributed by atoms with Gasteiger partial charge in [0.05, 0.1) is 0 Å². The van der Waals surface area contributed by atoms with Gasteiger partial charge in [-0.15, -0.1) is 11.8 Å². The molecule has 3 amide bonds. The second kappa shape index (κ2) is 10.5. The molecule has 9 nitrogen and oxygen atoms in total. The molecule has 0 unspecified atom stereocenters. The molecule has 3 aliphatic heterocycles. The van der Waals surface area contributed by atoms with Crippen LogP contribution in [0.2, 0.25) is 0 Å². The van der Waals surface area contributed by atoms with Crippen LogP contribution in [-0.2, 0) is 30.5 Å². The second-order valence-corrected chi connectivity index (χ2v) is 12.1. The van der Waals surface area contributed by atoms with Gasteiger partial charge in [0, 0.05) is 23.9 Å². The van der Waals surface area contributed by atoms with Crippen LogP contribution >= 0.6 is 11.8 Å². The van der Waals surface area contributed by atoms with Crippen molar-refractivity contribution in [2.24, 2.45) is 0 Å². The quantitative estimate of drug-likeness (QED) is 0.335. The Labute approximate surface area is 226 Å². The molecule has 3 heterocycles. The maximum absolute atomic E-state index is 13.4. The van der Waals surface area contributed by atoms with E-state index in [0.717, 1.165) is 31.4 Å². The largest absolute Gasteiger partial charge is 0.456 e. The van der Waals surface area contributed by atoms with Crippen LogP contribution in [0.25, 0.3) is 0 Å². The zero-order valence-corrected chi connectivity index (χ0v) is 22.7. The molecule has 1 aromatic carbocycles. The fraction of sp³-hybridized carbons (Fsp3) is 0.500. The molecule has 2 saturated heterocycles. The number of β-lactam (4-membered cyclic amide) rings is 1. The minimum atomic E-state index is -0.817. The lowest BCUT2D eigenvalue weighted by Crippen LogP contribution is -2.70. The number of nitrogens with zero attached hydrogens (tertiary/aromatic N) is 2. The summed E-state index contributed by atoms with van der Waals surface area (Å²) in [7, 11) is 0. The molecule has 202 valence electrons. The van der Waals surface area contributed by atoms with Crippen molar-refractivity contribution in [3.63, 3.8) is 0 Å². The summed E-state index contributed by atoms with van der Waals surface area (Å²) in [5.41, 5.74) is 1.50.